The van der Waals surface area contributed by atoms with E-state index in [1.54, 1.807) is 35.6 Å². The monoisotopic (exact) mass is 340 g/mol. The summed E-state index contributed by atoms with van der Waals surface area (Å²) in [6.07, 6.45) is 0.469. The van der Waals surface area contributed by atoms with Crippen molar-refractivity contribution in [2.45, 2.75) is 24.8 Å². The number of nitrogens with one attached hydrogen (secondary N) is 1. The number of benzene rings is 1. The number of aryl methyl sites for hydroxylation is 1. The molecule has 0 aliphatic carbocycles. The minimum absolute atomic E-state index is 0.238. The molecule has 0 bridgehead atoms. The second kappa shape index (κ2) is 6.65. The molecule has 1 aromatic carbocycles. The number of hydrogen-bond donors (Lipinski definition) is 2. The number of nitrogens with two attached hydrogens (primary N) is 1. The maximum absolute atomic E-state index is 12.2. The molecular weight excluding hydrogens is 324 g/mol. The van der Waals surface area contributed by atoms with Gasteiger partial charge in [-0.3, -0.25) is 0 Å². The van der Waals surface area contributed by atoms with E-state index in [9.17, 15) is 8.42 Å². The molecule has 0 amide bonds. The van der Waals surface area contributed by atoms with Crippen molar-refractivity contribution < 1.29 is 8.42 Å². The first-order valence-electron chi connectivity index (χ1n) is 6.27. The van der Waals surface area contributed by atoms with Gasteiger partial charge in [0.1, 0.15) is 0 Å². The van der Waals surface area contributed by atoms with Gasteiger partial charge in [0, 0.05) is 13.0 Å². The Bertz CT molecular complexity index is 734. The van der Waals surface area contributed by atoms with Crippen LogP contribution in [0, 0.1) is 6.92 Å². The fraction of sp³-hybridized carbons (Fsp3) is 0.214. The van der Waals surface area contributed by atoms with Gasteiger partial charge in [-0.15, -0.1) is 0 Å². The Morgan fingerprint density at radius 2 is 1.95 bits per heavy atom. The van der Waals surface area contributed by atoms with Crippen molar-refractivity contribution in [1.29, 1.82) is 0 Å². The molecule has 7 heteroatoms. The average molecular weight is 340 g/mol. The van der Waals surface area contributed by atoms with Crippen molar-refractivity contribution in [1.82, 2.24) is 4.72 Å². The van der Waals surface area contributed by atoms with Crippen LogP contribution in [0.25, 0.3) is 0 Å². The van der Waals surface area contributed by atoms with E-state index in [0.29, 0.717) is 18.0 Å². The molecule has 0 aliphatic rings. The van der Waals surface area contributed by atoms with Gasteiger partial charge in [0.15, 0.2) is 0 Å². The van der Waals surface area contributed by atoms with Crippen molar-refractivity contribution in [2.75, 3.05) is 0 Å². The average Bonchev–Trinajstić information content (AvgIpc) is 2.82. The Labute approximate surface area is 134 Å². The maximum atomic E-state index is 12.2. The topological polar surface area (TPSA) is 72.2 Å². The third-order valence-electron chi connectivity index (χ3n) is 3.03. The highest BCUT2D eigenvalue weighted by atomic mass is 32.2. The van der Waals surface area contributed by atoms with E-state index in [2.05, 4.69) is 4.72 Å². The van der Waals surface area contributed by atoms with E-state index in [1.807, 2.05) is 17.7 Å². The van der Waals surface area contributed by atoms with Crippen LogP contribution in [0.5, 0.6) is 0 Å². The molecule has 0 saturated heterocycles. The minimum Gasteiger partial charge on any atom is -0.393 e. The zero-order valence-corrected chi connectivity index (χ0v) is 13.9. The fourth-order valence-electron chi connectivity index (χ4n) is 1.81. The van der Waals surface area contributed by atoms with E-state index in [0.717, 1.165) is 16.7 Å². The van der Waals surface area contributed by atoms with E-state index in [4.69, 9.17) is 18.0 Å². The van der Waals surface area contributed by atoms with Gasteiger partial charge >= 0.3 is 0 Å². The van der Waals surface area contributed by atoms with Crippen molar-refractivity contribution in [3.05, 3.63) is 51.7 Å². The van der Waals surface area contributed by atoms with Crippen molar-refractivity contribution in [3.8, 4) is 0 Å². The number of thiophene rings is 1. The fourth-order valence-corrected chi connectivity index (χ4v) is 3.84. The molecule has 0 radical (unpaired) electrons. The molecule has 1 aromatic heterocycles. The molecule has 0 spiro atoms. The first-order valence-corrected chi connectivity index (χ1v) is 9.10. The largest absolute Gasteiger partial charge is 0.393 e. The minimum atomic E-state index is -3.51. The van der Waals surface area contributed by atoms with Crippen molar-refractivity contribution in [2.24, 2.45) is 5.73 Å². The van der Waals surface area contributed by atoms with Crippen LogP contribution in [0.3, 0.4) is 0 Å². The van der Waals surface area contributed by atoms with Gasteiger partial charge in [-0.1, -0.05) is 24.4 Å². The summed E-state index contributed by atoms with van der Waals surface area (Å²) in [5.41, 5.74) is 8.45. The molecule has 21 heavy (non-hydrogen) atoms. The molecule has 2 aromatic rings. The zero-order valence-electron chi connectivity index (χ0n) is 11.5. The third-order valence-corrected chi connectivity index (χ3v) is 5.50. The van der Waals surface area contributed by atoms with Crippen LogP contribution in [0.15, 0.2) is 39.9 Å². The van der Waals surface area contributed by atoms with E-state index in [1.165, 1.54) is 0 Å². The summed E-state index contributed by atoms with van der Waals surface area (Å²) in [5, 5.41) is 3.94. The first-order chi connectivity index (χ1) is 9.88. The number of rotatable bonds is 6. The molecule has 0 saturated carbocycles. The Morgan fingerprint density at radius 1 is 1.29 bits per heavy atom. The molecule has 3 N–H and O–H groups in total. The number of hydrogen-bond acceptors (Lipinski definition) is 4. The Balaban J connectivity index is 2.08. The molecule has 0 atom stereocenters. The Kier molecular flexibility index (Phi) is 5.10. The number of sulfonamides is 1. The summed E-state index contributed by atoms with van der Waals surface area (Å²) in [4.78, 5) is 0.624. The normalized spacial score (nSPS) is 11.5. The van der Waals surface area contributed by atoms with E-state index in [-0.39, 0.29) is 4.90 Å². The molecule has 4 nitrogen and oxygen atoms in total. The summed E-state index contributed by atoms with van der Waals surface area (Å²) >= 11 is 6.39. The summed E-state index contributed by atoms with van der Waals surface area (Å²) in [6.45, 7) is 2.26. The summed E-state index contributed by atoms with van der Waals surface area (Å²) in [7, 11) is -3.51. The second-order valence-electron chi connectivity index (χ2n) is 4.69. The molecule has 112 valence electrons. The predicted molar refractivity (Wildman–Crippen MR) is 90.0 cm³/mol. The molecule has 0 fully saturated rings. The van der Waals surface area contributed by atoms with E-state index >= 15 is 0 Å². The lowest BCUT2D eigenvalue weighted by molar-refractivity contribution is 0.581. The molecule has 2 rings (SSSR count). The summed E-state index contributed by atoms with van der Waals surface area (Å²) < 4.78 is 27.0. The van der Waals surface area contributed by atoms with Crippen molar-refractivity contribution in [3.63, 3.8) is 0 Å². The molecule has 1 heterocycles. The molecule has 0 aliphatic heterocycles. The smallest absolute Gasteiger partial charge is 0.240 e. The second-order valence-corrected chi connectivity index (χ2v) is 7.73. The van der Waals surface area contributed by atoms with Crippen LogP contribution in [0.2, 0.25) is 0 Å². The van der Waals surface area contributed by atoms with Gasteiger partial charge in [-0.25, -0.2) is 13.1 Å². The Hall–Kier alpha value is -1.28. The lowest BCUT2D eigenvalue weighted by Crippen LogP contribution is -2.23. The summed E-state index contributed by atoms with van der Waals surface area (Å²) in [6, 6.07) is 6.58. The zero-order chi connectivity index (χ0) is 15.5. The van der Waals surface area contributed by atoms with Crippen LogP contribution in [-0.4, -0.2) is 13.4 Å². The van der Waals surface area contributed by atoms with Gasteiger partial charge in [-0.2, -0.15) is 11.3 Å². The van der Waals surface area contributed by atoms with Gasteiger partial charge in [-0.05, 0) is 46.5 Å². The highest BCUT2D eigenvalue weighted by Crippen LogP contribution is 2.15. The third kappa shape index (κ3) is 4.34. The van der Waals surface area contributed by atoms with Crippen LogP contribution in [0.4, 0.5) is 0 Å². The van der Waals surface area contributed by atoms with Crippen LogP contribution >= 0.6 is 23.6 Å². The van der Waals surface area contributed by atoms with Crippen LogP contribution in [-0.2, 0) is 23.0 Å². The van der Waals surface area contributed by atoms with Gasteiger partial charge in [0.25, 0.3) is 0 Å². The van der Waals surface area contributed by atoms with Gasteiger partial charge < -0.3 is 5.73 Å². The van der Waals surface area contributed by atoms with Crippen LogP contribution < -0.4 is 10.5 Å². The SMILES string of the molecule is Cc1cscc1CNS(=O)(=O)c1ccc(CC(N)=S)cc1. The first kappa shape index (κ1) is 16.1. The molecule has 0 unspecified atom stereocenters. The van der Waals surface area contributed by atoms with Gasteiger partial charge in [0.2, 0.25) is 10.0 Å². The molecular formula is C14H16N2O2S3. The lowest BCUT2D eigenvalue weighted by atomic mass is 10.1. The Morgan fingerprint density at radius 3 is 2.48 bits per heavy atom. The quantitative estimate of drug-likeness (QED) is 0.792. The summed E-state index contributed by atoms with van der Waals surface area (Å²) in [5.74, 6) is 0. The predicted octanol–water partition coefficient (Wildman–Crippen LogP) is 2.36. The van der Waals surface area contributed by atoms with E-state index < -0.39 is 10.0 Å². The van der Waals surface area contributed by atoms with Crippen molar-refractivity contribution >= 4 is 38.6 Å². The maximum Gasteiger partial charge on any atom is 0.240 e. The highest BCUT2D eigenvalue weighted by Gasteiger charge is 2.14. The van der Waals surface area contributed by atoms with Gasteiger partial charge in [0.05, 0.1) is 9.88 Å². The van der Waals surface area contributed by atoms with Crippen LogP contribution in [0.1, 0.15) is 16.7 Å². The standard InChI is InChI=1S/C14H16N2O2S3/c1-10-8-20-9-12(10)7-16-21(17,18)13-4-2-11(3-5-13)6-14(15)19/h2-5,8-9,16H,6-7H2,1H3,(H2,15,19). The number of thiocarbonyl (C=S) groups is 1. The highest BCUT2D eigenvalue weighted by molar-refractivity contribution is 7.89. The lowest BCUT2D eigenvalue weighted by Gasteiger charge is -2.07.